The van der Waals surface area contributed by atoms with Crippen molar-refractivity contribution in [2.75, 3.05) is 18.4 Å². The molecule has 0 saturated heterocycles. The Labute approximate surface area is 109 Å². The number of ether oxygens (including phenoxy) is 1. The highest BCUT2D eigenvalue weighted by Gasteiger charge is 2.26. The fourth-order valence-corrected chi connectivity index (χ4v) is 1.66. The molecule has 1 amide bonds. The molecule has 4 N–H and O–H groups in total. The zero-order valence-corrected chi connectivity index (χ0v) is 10.00. The highest BCUT2D eigenvalue weighted by atomic mass is 16.5. The third kappa shape index (κ3) is 3.14. The van der Waals surface area contributed by atoms with Gasteiger partial charge in [0.05, 0.1) is 18.8 Å². The van der Waals surface area contributed by atoms with Gasteiger partial charge in [-0.2, -0.15) is 0 Å². The number of nitrogens with one attached hydrogen (secondary N) is 2. The van der Waals surface area contributed by atoms with E-state index < -0.39 is 24.1 Å². The molecule has 2 rings (SSSR count). The number of carbonyl (C=O) groups is 2. The number of carbonyl (C=O) groups excluding carboxylic acids is 1. The Morgan fingerprint density at radius 2 is 2.21 bits per heavy atom. The Morgan fingerprint density at radius 1 is 1.47 bits per heavy atom. The number of anilines is 1. The van der Waals surface area contributed by atoms with Crippen molar-refractivity contribution in [2.24, 2.45) is 0 Å². The van der Waals surface area contributed by atoms with Crippen LogP contribution in [0.2, 0.25) is 0 Å². The van der Waals surface area contributed by atoms with Gasteiger partial charge in [-0.3, -0.25) is 4.79 Å². The van der Waals surface area contributed by atoms with Crippen LogP contribution in [-0.4, -0.2) is 47.4 Å². The first-order chi connectivity index (χ1) is 9.08. The van der Waals surface area contributed by atoms with Crippen LogP contribution in [0.15, 0.2) is 24.3 Å². The number of aliphatic hydroxyl groups excluding tert-OH is 1. The molecule has 1 aromatic rings. The van der Waals surface area contributed by atoms with Crippen molar-refractivity contribution in [1.29, 1.82) is 0 Å². The topological polar surface area (TPSA) is 108 Å². The lowest BCUT2D eigenvalue weighted by atomic mass is 10.2. The van der Waals surface area contributed by atoms with E-state index in [-0.39, 0.29) is 13.1 Å². The van der Waals surface area contributed by atoms with E-state index in [1.807, 2.05) is 12.1 Å². The van der Waals surface area contributed by atoms with Crippen molar-refractivity contribution in [3.8, 4) is 5.75 Å². The summed E-state index contributed by atoms with van der Waals surface area (Å²) in [6.45, 7) is -0.0678. The molecule has 0 aromatic heterocycles. The fraction of sp³-hybridized carbons (Fsp3) is 0.333. The molecule has 1 aliphatic heterocycles. The number of aliphatic hydroxyl groups is 1. The Hall–Kier alpha value is -2.28. The van der Waals surface area contributed by atoms with Gasteiger partial charge < -0.3 is 25.6 Å². The van der Waals surface area contributed by atoms with E-state index in [9.17, 15) is 9.59 Å². The summed E-state index contributed by atoms with van der Waals surface area (Å²) in [5.41, 5.74) is 0.803. The van der Waals surface area contributed by atoms with Crippen LogP contribution in [0.3, 0.4) is 0 Å². The van der Waals surface area contributed by atoms with Crippen molar-refractivity contribution in [2.45, 2.75) is 12.2 Å². The highest BCUT2D eigenvalue weighted by molar-refractivity contribution is 5.83. The summed E-state index contributed by atoms with van der Waals surface area (Å²) in [7, 11) is 0. The monoisotopic (exact) mass is 266 g/mol. The second kappa shape index (κ2) is 5.57. The van der Waals surface area contributed by atoms with Crippen molar-refractivity contribution in [3.05, 3.63) is 24.3 Å². The Morgan fingerprint density at radius 3 is 2.95 bits per heavy atom. The number of hydrogen-bond donors (Lipinski definition) is 4. The van der Waals surface area contributed by atoms with Crippen LogP contribution in [0.4, 0.5) is 5.69 Å². The molecule has 0 fully saturated rings. The van der Waals surface area contributed by atoms with E-state index in [4.69, 9.17) is 14.9 Å². The second-order valence-electron chi connectivity index (χ2n) is 4.08. The van der Waals surface area contributed by atoms with Crippen LogP contribution in [0.1, 0.15) is 0 Å². The maximum absolute atomic E-state index is 11.8. The van der Waals surface area contributed by atoms with Gasteiger partial charge >= 0.3 is 5.97 Å². The first-order valence-electron chi connectivity index (χ1n) is 5.76. The Kier molecular flexibility index (Phi) is 3.86. The van der Waals surface area contributed by atoms with E-state index in [2.05, 4.69) is 10.6 Å². The average Bonchev–Trinajstić information content (AvgIpc) is 2.43. The summed E-state index contributed by atoms with van der Waals surface area (Å²) in [6, 6.07) is 7.19. The summed E-state index contributed by atoms with van der Waals surface area (Å²) in [6.07, 6.45) is -2.37. The minimum atomic E-state index is -1.62. The first kappa shape index (κ1) is 13.2. The van der Waals surface area contributed by atoms with Crippen molar-refractivity contribution >= 4 is 17.6 Å². The number of benzene rings is 1. The molecule has 0 aliphatic carbocycles. The van der Waals surface area contributed by atoms with Crippen LogP contribution in [-0.2, 0) is 9.59 Å². The minimum Gasteiger partial charge on any atom is -0.479 e. The standard InChI is InChI=1S/C12H14N2O5/c15-8(12(17)18)5-14-11(16)10-6-13-7-3-1-2-4-9(7)19-10/h1-4,8,10,13,15H,5-6H2,(H,14,16)(H,17,18). The average molecular weight is 266 g/mol. The molecule has 102 valence electrons. The lowest BCUT2D eigenvalue weighted by molar-refractivity contribution is -0.146. The number of amides is 1. The number of carboxylic acid groups (broad SMARTS) is 1. The zero-order chi connectivity index (χ0) is 13.8. The number of carboxylic acids is 1. The van der Waals surface area contributed by atoms with E-state index >= 15 is 0 Å². The normalized spacial score (nSPS) is 18.5. The molecule has 0 saturated carbocycles. The number of aliphatic carboxylic acids is 1. The SMILES string of the molecule is O=C(O)C(O)CNC(=O)C1CNc2ccccc2O1. The van der Waals surface area contributed by atoms with Gasteiger partial charge in [-0.1, -0.05) is 12.1 Å². The largest absolute Gasteiger partial charge is 0.479 e. The number of rotatable bonds is 4. The molecule has 0 radical (unpaired) electrons. The summed E-state index contributed by atoms with van der Waals surface area (Å²) < 4.78 is 5.48. The van der Waals surface area contributed by atoms with Gasteiger partial charge in [-0.15, -0.1) is 0 Å². The predicted molar refractivity (Wildman–Crippen MR) is 66.0 cm³/mol. The van der Waals surface area contributed by atoms with Gasteiger partial charge in [0.2, 0.25) is 0 Å². The highest BCUT2D eigenvalue weighted by Crippen LogP contribution is 2.28. The van der Waals surface area contributed by atoms with Crippen LogP contribution < -0.4 is 15.4 Å². The molecule has 7 heteroatoms. The van der Waals surface area contributed by atoms with Gasteiger partial charge in [0.15, 0.2) is 12.2 Å². The molecule has 1 aliphatic rings. The van der Waals surface area contributed by atoms with E-state index in [1.54, 1.807) is 12.1 Å². The molecule has 1 aromatic carbocycles. The molecule has 0 bridgehead atoms. The third-order valence-electron chi connectivity index (χ3n) is 2.68. The molecule has 19 heavy (non-hydrogen) atoms. The van der Waals surface area contributed by atoms with Crippen molar-refractivity contribution < 1.29 is 24.5 Å². The zero-order valence-electron chi connectivity index (χ0n) is 10.00. The molecule has 1 heterocycles. The fourth-order valence-electron chi connectivity index (χ4n) is 1.66. The summed E-state index contributed by atoms with van der Waals surface area (Å²) in [5.74, 6) is -1.29. The van der Waals surface area contributed by atoms with E-state index in [0.717, 1.165) is 5.69 Å². The van der Waals surface area contributed by atoms with Crippen LogP contribution in [0.25, 0.3) is 0 Å². The predicted octanol–water partition coefficient (Wildman–Crippen LogP) is -0.579. The molecular weight excluding hydrogens is 252 g/mol. The van der Waals surface area contributed by atoms with Gasteiger partial charge in [-0.05, 0) is 12.1 Å². The van der Waals surface area contributed by atoms with Crippen LogP contribution in [0, 0.1) is 0 Å². The third-order valence-corrected chi connectivity index (χ3v) is 2.68. The molecule has 2 atom stereocenters. The smallest absolute Gasteiger partial charge is 0.334 e. The number of hydrogen-bond acceptors (Lipinski definition) is 5. The lowest BCUT2D eigenvalue weighted by Gasteiger charge is -2.26. The number of fused-ring (bicyclic) bond motifs is 1. The molecule has 0 spiro atoms. The van der Waals surface area contributed by atoms with Gasteiger partial charge in [0.25, 0.3) is 5.91 Å². The van der Waals surface area contributed by atoms with E-state index in [1.165, 1.54) is 0 Å². The summed E-state index contributed by atoms with van der Waals surface area (Å²) in [5, 5.41) is 22.9. The Bertz CT molecular complexity index is 491. The van der Waals surface area contributed by atoms with Gasteiger partial charge in [0, 0.05) is 0 Å². The summed E-state index contributed by atoms with van der Waals surface area (Å²) >= 11 is 0. The molecular formula is C12H14N2O5. The molecule has 7 nitrogen and oxygen atoms in total. The summed E-state index contributed by atoms with van der Waals surface area (Å²) in [4.78, 5) is 22.2. The van der Waals surface area contributed by atoms with Crippen molar-refractivity contribution in [3.63, 3.8) is 0 Å². The quantitative estimate of drug-likeness (QED) is 0.581. The van der Waals surface area contributed by atoms with E-state index in [0.29, 0.717) is 5.75 Å². The minimum absolute atomic E-state index is 0.284. The van der Waals surface area contributed by atoms with Crippen molar-refractivity contribution in [1.82, 2.24) is 5.32 Å². The van der Waals surface area contributed by atoms with Gasteiger partial charge in [0.1, 0.15) is 5.75 Å². The Balaban J connectivity index is 1.90. The second-order valence-corrected chi connectivity index (χ2v) is 4.08. The molecule has 2 unspecified atom stereocenters. The van der Waals surface area contributed by atoms with Crippen LogP contribution >= 0.6 is 0 Å². The lowest BCUT2D eigenvalue weighted by Crippen LogP contribution is -2.47. The maximum atomic E-state index is 11.8. The first-order valence-corrected chi connectivity index (χ1v) is 5.76. The van der Waals surface area contributed by atoms with Crippen LogP contribution in [0.5, 0.6) is 5.75 Å². The maximum Gasteiger partial charge on any atom is 0.334 e. The van der Waals surface area contributed by atoms with Gasteiger partial charge in [-0.25, -0.2) is 4.79 Å². The number of para-hydroxylation sites is 2.